The number of carbonyl (C=O) groups is 2. The summed E-state index contributed by atoms with van der Waals surface area (Å²) in [6.07, 6.45) is 0. The molecule has 0 aliphatic carbocycles. The van der Waals surface area contributed by atoms with Crippen LogP contribution >= 0.6 is 15.9 Å². The van der Waals surface area contributed by atoms with E-state index in [-0.39, 0.29) is 11.5 Å². The Balaban J connectivity index is 2.04. The van der Waals surface area contributed by atoms with E-state index >= 15 is 0 Å². The van der Waals surface area contributed by atoms with Crippen molar-refractivity contribution in [2.75, 3.05) is 13.1 Å². The van der Waals surface area contributed by atoms with E-state index in [2.05, 4.69) is 15.9 Å². The number of carboxylic acid groups (broad SMARTS) is 1. The van der Waals surface area contributed by atoms with Gasteiger partial charge in [0.1, 0.15) is 5.82 Å². The zero-order valence-electron chi connectivity index (χ0n) is 10.3. The van der Waals surface area contributed by atoms with Gasteiger partial charge in [0.15, 0.2) is 0 Å². The molecule has 0 aromatic heterocycles. The molecule has 1 saturated heterocycles. The van der Waals surface area contributed by atoms with E-state index in [1.165, 1.54) is 23.1 Å². The minimum atomic E-state index is -0.870. The van der Waals surface area contributed by atoms with Crippen molar-refractivity contribution in [1.82, 2.24) is 4.90 Å². The summed E-state index contributed by atoms with van der Waals surface area (Å²) in [6.45, 7) is 2.34. The van der Waals surface area contributed by atoms with E-state index in [1.54, 1.807) is 6.92 Å². The number of hydrogen-bond acceptors (Lipinski definition) is 2. The molecule has 0 saturated carbocycles. The summed E-state index contributed by atoms with van der Waals surface area (Å²) in [4.78, 5) is 24.3. The Labute approximate surface area is 118 Å². The van der Waals surface area contributed by atoms with E-state index in [4.69, 9.17) is 5.11 Å². The summed E-state index contributed by atoms with van der Waals surface area (Å²) in [5.74, 6) is -2.38. The van der Waals surface area contributed by atoms with Gasteiger partial charge >= 0.3 is 5.97 Å². The largest absolute Gasteiger partial charge is 0.481 e. The molecule has 0 spiro atoms. The summed E-state index contributed by atoms with van der Waals surface area (Å²) in [5, 5.41) is 8.87. The van der Waals surface area contributed by atoms with Gasteiger partial charge in [0.2, 0.25) is 0 Å². The quantitative estimate of drug-likeness (QED) is 0.926. The van der Waals surface area contributed by atoms with Crippen LogP contribution in [0.25, 0.3) is 0 Å². The molecular formula is C13H13BrFNO3. The second-order valence-electron chi connectivity index (χ2n) is 4.72. The maximum absolute atomic E-state index is 13.6. The zero-order chi connectivity index (χ0) is 14.2. The van der Waals surface area contributed by atoms with Crippen molar-refractivity contribution in [2.24, 2.45) is 11.8 Å². The smallest absolute Gasteiger partial charge is 0.306 e. The molecule has 1 unspecified atom stereocenters. The van der Waals surface area contributed by atoms with Crippen LogP contribution in [0.2, 0.25) is 0 Å². The third-order valence-electron chi connectivity index (χ3n) is 3.45. The van der Waals surface area contributed by atoms with Gasteiger partial charge in [-0.25, -0.2) is 4.39 Å². The lowest BCUT2D eigenvalue weighted by atomic mass is 9.86. The summed E-state index contributed by atoms with van der Waals surface area (Å²) in [6, 6.07) is 4.19. The molecule has 0 bridgehead atoms. The highest BCUT2D eigenvalue weighted by Gasteiger charge is 2.38. The van der Waals surface area contributed by atoms with Gasteiger partial charge in [0.05, 0.1) is 11.5 Å². The van der Waals surface area contributed by atoms with E-state index in [9.17, 15) is 14.0 Å². The fourth-order valence-corrected chi connectivity index (χ4v) is 2.39. The first-order valence-electron chi connectivity index (χ1n) is 5.87. The van der Waals surface area contributed by atoms with Crippen LogP contribution in [0.4, 0.5) is 4.39 Å². The lowest BCUT2D eigenvalue weighted by Gasteiger charge is -2.41. The fraction of sp³-hybridized carbons (Fsp3) is 0.385. The van der Waals surface area contributed by atoms with Gasteiger partial charge in [-0.3, -0.25) is 9.59 Å². The molecule has 1 heterocycles. The molecule has 2 rings (SSSR count). The molecule has 1 amide bonds. The van der Waals surface area contributed by atoms with E-state index < -0.39 is 23.6 Å². The maximum Gasteiger partial charge on any atom is 0.306 e. The Bertz CT molecular complexity index is 529. The molecule has 4 nitrogen and oxygen atoms in total. The third-order valence-corrected chi connectivity index (χ3v) is 3.95. The molecule has 1 atom stereocenters. The minimum Gasteiger partial charge on any atom is -0.481 e. The molecule has 1 aromatic carbocycles. The highest BCUT2D eigenvalue weighted by Crippen LogP contribution is 2.27. The lowest BCUT2D eigenvalue weighted by molar-refractivity contribution is -0.144. The van der Waals surface area contributed by atoms with E-state index in [0.717, 1.165) is 0 Å². The first kappa shape index (κ1) is 14.0. The molecule has 6 heteroatoms. The second kappa shape index (κ2) is 5.28. The summed E-state index contributed by atoms with van der Waals surface area (Å²) >= 11 is 3.19. The number of halogens is 2. The zero-order valence-corrected chi connectivity index (χ0v) is 11.9. The molecule has 102 valence electrons. The summed E-state index contributed by atoms with van der Waals surface area (Å²) in [5.41, 5.74) is 0.0100. The van der Waals surface area contributed by atoms with Gasteiger partial charge in [0.25, 0.3) is 5.91 Å². The van der Waals surface area contributed by atoms with Crippen LogP contribution in [0.5, 0.6) is 0 Å². The molecule has 0 radical (unpaired) electrons. The SMILES string of the molecule is CC(C(=O)O)C1CN(C(=O)c2cc(Br)ccc2F)C1. The Kier molecular flexibility index (Phi) is 3.89. The van der Waals surface area contributed by atoms with Crippen LogP contribution in [0.1, 0.15) is 17.3 Å². The first-order valence-corrected chi connectivity index (χ1v) is 6.66. The lowest BCUT2D eigenvalue weighted by Crippen LogP contribution is -2.53. The molecule has 1 aromatic rings. The van der Waals surface area contributed by atoms with Gasteiger partial charge in [-0.1, -0.05) is 22.9 Å². The van der Waals surface area contributed by atoms with Crippen molar-refractivity contribution in [3.05, 3.63) is 34.1 Å². The van der Waals surface area contributed by atoms with Crippen LogP contribution in [0.3, 0.4) is 0 Å². The molecule has 1 N–H and O–H groups in total. The number of amides is 1. The second-order valence-corrected chi connectivity index (χ2v) is 5.64. The number of benzene rings is 1. The van der Waals surface area contributed by atoms with Gasteiger partial charge in [0, 0.05) is 23.5 Å². The molecule has 1 aliphatic heterocycles. The number of aliphatic carboxylic acids is 1. The minimum absolute atomic E-state index is 0.0100. The van der Waals surface area contributed by atoms with Crippen LogP contribution in [0.15, 0.2) is 22.7 Å². The Morgan fingerprint density at radius 3 is 2.68 bits per heavy atom. The predicted molar refractivity (Wildman–Crippen MR) is 70.3 cm³/mol. The van der Waals surface area contributed by atoms with E-state index in [1.807, 2.05) is 0 Å². The number of hydrogen-bond donors (Lipinski definition) is 1. The van der Waals surface area contributed by atoms with Gasteiger partial charge in [-0.05, 0) is 18.2 Å². The number of likely N-dealkylation sites (tertiary alicyclic amines) is 1. The van der Waals surface area contributed by atoms with Crippen LogP contribution in [-0.4, -0.2) is 35.0 Å². The Hall–Kier alpha value is -1.43. The highest BCUT2D eigenvalue weighted by molar-refractivity contribution is 9.10. The Morgan fingerprint density at radius 1 is 1.47 bits per heavy atom. The monoisotopic (exact) mass is 329 g/mol. The van der Waals surface area contributed by atoms with Crippen LogP contribution in [0, 0.1) is 17.7 Å². The highest BCUT2D eigenvalue weighted by atomic mass is 79.9. The van der Waals surface area contributed by atoms with Crippen LogP contribution in [-0.2, 0) is 4.79 Å². The standard InChI is InChI=1S/C13H13BrFNO3/c1-7(13(18)19)8-5-16(6-8)12(17)10-4-9(14)2-3-11(10)15/h2-4,7-8H,5-6H2,1H3,(H,18,19). The number of carboxylic acids is 1. The van der Waals surface area contributed by atoms with Crippen molar-refractivity contribution in [3.8, 4) is 0 Å². The maximum atomic E-state index is 13.6. The van der Waals surface area contributed by atoms with Crippen molar-refractivity contribution in [1.29, 1.82) is 0 Å². The normalized spacial score (nSPS) is 16.9. The van der Waals surface area contributed by atoms with E-state index in [0.29, 0.717) is 17.6 Å². The number of rotatable bonds is 3. The summed E-state index contributed by atoms with van der Waals surface area (Å²) in [7, 11) is 0. The number of nitrogens with zero attached hydrogens (tertiary/aromatic N) is 1. The predicted octanol–water partition coefficient (Wildman–Crippen LogP) is 2.38. The Morgan fingerprint density at radius 2 is 2.11 bits per heavy atom. The van der Waals surface area contributed by atoms with Gasteiger partial charge < -0.3 is 10.0 Å². The average molecular weight is 330 g/mol. The van der Waals surface area contributed by atoms with Gasteiger partial charge in [-0.2, -0.15) is 0 Å². The average Bonchev–Trinajstić information content (AvgIpc) is 2.29. The van der Waals surface area contributed by atoms with Crippen molar-refractivity contribution >= 4 is 27.8 Å². The third kappa shape index (κ3) is 2.78. The summed E-state index contributed by atoms with van der Waals surface area (Å²) < 4.78 is 14.2. The molecular weight excluding hydrogens is 317 g/mol. The van der Waals surface area contributed by atoms with Crippen LogP contribution < -0.4 is 0 Å². The van der Waals surface area contributed by atoms with Gasteiger partial charge in [-0.15, -0.1) is 0 Å². The molecule has 19 heavy (non-hydrogen) atoms. The molecule has 1 aliphatic rings. The van der Waals surface area contributed by atoms with Crippen molar-refractivity contribution < 1.29 is 19.1 Å². The number of carbonyl (C=O) groups excluding carboxylic acids is 1. The fourth-order valence-electron chi connectivity index (χ4n) is 2.03. The van der Waals surface area contributed by atoms with Crippen molar-refractivity contribution in [3.63, 3.8) is 0 Å². The van der Waals surface area contributed by atoms with Crippen molar-refractivity contribution in [2.45, 2.75) is 6.92 Å². The topological polar surface area (TPSA) is 57.6 Å². The molecule has 1 fully saturated rings. The first-order chi connectivity index (χ1) is 8.90.